The first-order valence-electron chi connectivity index (χ1n) is 8.95. The minimum Gasteiger partial charge on any atom is -0.346 e. The third kappa shape index (κ3) is 3.51. The van der Waals surface area contributed by atoms with Gasteiger partial charge < -0.3 is 15.1 Å². The number of imide groups is 1. The van der Waals surface area contributed by atoms with Gasteiger partial charge in [0.2, 0.25) is 5.91 Å². The van der Waals surface area contributed by atoms with Gasteiger partial charge in [0.25, 0.3) is 5.91 Å². The number of carbonyl (C=O) groups excluding carboxylic acids is 3. The molecule has 144 valence electrons. The van der Waals surface area contributed by atoms with Gasteiger partial charge >= 0.3 is 6.03 Å². The Morgan fingerprint density at radius 3 is 2.48 bits per heavy atom. The van der Waals surface area contributed by atoms with E-state index in [-0.39, 0.29) is 17.8 Å². The third-order valence-corrected chi connectivity index (χ3v) is 5.23. The molecule has 7 nitrogen and oxygen atoms in total. The molecule has 0 aromatic heterocycles. The molecular weight excluding hydrogens is 368 g/mol. The Balaban J connectivity index is 1.89. The van der Waals surface area contributed by atoms with Crippen molar-refractivity contribution in [3.05, 3.63) is 41.1 Å². The van der Waals surface area contributed by atoms with Crippen molar-refractivity contribution in [3.63, 3.8) is 0 Å². The molecule has 4 amide bonds. The zero-order chi connectivity index (χ0) is 19.7. The SMILES string of the molecule is CCCCN1C(C(=O)Nc2ccc(Cl)cc2)=CC2C(=O)N(C)C(=O)N(C)C21. The van der Waals surface area contributed by atoms with Crippen molar-refractivity contribution in [2.45, 2.75) is 25.9 Å². The van der Waals surface area contributed by atoms with E-state index in [2.05, 4.69) is 12.2 Å². The van der Waals surface area contributed by atoms with E-state index in [1.807, 2.05) is 4.90 Å². The molecule has 0 aliphatic carbocycles. The lowest BCUT2D eigenvalue weighted by Gasteiger charge is -2.43. The number of rotatable bonds is 5. The second kappa shape index (κ2) is 7.60. The monoisotopic (exact) mass is 390 g/mol. The highest BCUT2D eigenvalue weighted by molar-refractivity contribution is 6.30. The van der Waals surface area contributed by atoms with Crippen LogP contribution in [0.25, 0.3) is 0 Å². The molecule has 1 N–H and O–H groups in total. The second-order valence-electron chi connectivity index (χ2n) is 6.79. The normalized spacial score (nSPS) is 22.1. The van der Waals surface area contributed by atoms with Crippen LogP contribution in [-0.2, 0) is 9.59 Å². The Bertz CT molecular complexity index is 793. The number of hydrogen-bond donors (Lipinski definition) is 1. The van der Waals surface area contributed by atoms with Crippen molar-refractivity contribution < 1.29 is 14.4 Å². The number of nitrogens with one attached hydrogen (secondary N) is 1. The fourth-order valence-electron chi connectivity index (χ4n) is 3.52. The summed E-state index contributed by atoms with van der Waals surface area (Å²) >= 11 is 5.89. The van der Waals surface area contributed by atoms with Crippen LogP contribution in [0.1, 0.15) is 19.8 Å². The highest BCUT2D eigenvalue weighted by Gasteiger charge is 2.50. The van der Waals surface area contributed by atoms with Gasteiger partial charge in [-0.2, -0.15) is 0 Å². The highest BCUT2D eigenvalue weighted by Crippen LogP contribution is 2.35. The summed E-state index contributed by atoms with van der Waals surface area (Å²) < 4.78 is 0. The van der Waals surface area contributed by atoms with Crippen LogP contribution in [0.2, 0.25) is 5.02 Å². The van der Waals surface area contributed by atoms with E-state index in [1.54, 1.807) is 37.4 Å². The number of anilines is 1. The van der Waals surface area contributed by atoms with E-state index in [9.17, 15) is 14.4 Å². The summed E-state index contributed by atoms with van der Waals surface area (Å²) in [5.41, 5.74) is 1.03. The van der Waals surface area contributed by atoms with Crippen LogP contribution in [0.15, 0.2) is 36.0 Å². The predicted octanol–water partition coefficient (Wildman–Crippen LogP) is 2.74. The second-order valence-corrected chi connectivity index (χ2v) is 7.23. The van der Waals surface area contributed by atoms with Crippen LogP contribution in [0.5, 0.6) is 0 Å². The van der Waals surface area contributed by atoms with E-state index in [0.29, 0.717) is 23.0 Å². The van der Waals surface area contributed by atoms with Crippen molar-refractivity contribution in [1.82, 2.24) is 14.7 Å². The van der Waals surface area contributed by atoms with Gasteiger partial charge in [-0.15, -0.1) is 0 Å². The van der Waals surface area contributed by atoms with Crippen molar-refractivity contribution >= 4 is 35.1 Å². The standard InChI is InChI=1S/C19H23ClN4O3/c1-4-5-10-24-15(16(25)21-13-8-6-12(20)7-9-13)11-14-17(24)22(2)19(27)23(3)18(14)26/h6-9,11,14,17H,4-5,10H2,1-3H3,(H,21,25). The number of unbranched alkanes of at least 4 members (excludes halogenated alkanes) is 1. The summed E-state index contributed by atoms with van der Waals surface area (Å²) in [6.07, 6.45) is 2.98. The molecule has 1 aromatic carbocycles. The van der Waals surface area contributed by atoms with Crippen LogP contribution < -0.4 is 5.32 Å². The number of fused-ring (bicyclic) bond motifs is 1. The van der Waals surface area contributed by atoms with Gasteiger partial charge in [-0.3, -0.25) is 14.5 Å². The summed E-state index contributed by atoms with van der Waals surface area (Å²) in [4.78, 5) is 42.4. The fourth-order valence-corrected chi connectivity index (χ4v) is 3.65. The van der Waals surface area contributed by atoms with Crippen molar-refractivity contribution in [2.24, 2.45) is 5.92 Å². The maximum absolute atomic E-state index is 12.9. The number of amides is 4. The lowest BCUT2D eigenvalue weighted by Crippen LogP contribution is -2.62. The number of carbonyl (C=O) groups is 3. The average molecular weight is 391 g/mol. The van der Waals surface area contributed by atoms with Gasteiger partial charge in [-0.25, -0.2) is 4.79 Å². The van der Waals surface area contributed by atoms with Crippen LogP contribution >= 0.6 is 11.6 Å². The van der Waals surface area contributed by atoms with Gasteiger partial charge in [0.05, 0.1) is 5.92 Å². The van der Waals surface area contributed by atoms with Crippen LogP contribution in [0.3, 0.4) is 0 Å². The Hall–Kier alpha value is -2.54. The molecule has 1 saturated heterocycles. The predicted molar refractivity (Wildman–Crippen MR) is 103 cm³/mol. The third-order valence-electron chi connectivity index (χ3n) is 4.98. The Labute approximate surface area is 163 Å². The molecular formula is C19H23ClN4O3. The number of urea groups is 1. The molecule has 1 fully saturated rings. The van der Waals surface area contributed by atoms with Crippen LogP contribution in [-0.4, -0.2) is 59.4 Å². The maximum atomic E-state index is 12.9. The Morgan fingerprint density at radius 1 is 1.19 bits per heavy atom. The van der Waals surface area contributed by atoms with E-state index in [4.69, 9.17) is 11.6 Å². The molecule has 0 radical (unpaired) electrons. The molecule has 0 bridgehead atoms. The van der Waals surface area contributed by atoms with Crippen molar-refractivity contribution in [2.75, 3.05) is 26.0 Å². The number of hydrogen-bond acceptors (Lipinski definition) is 4. The zero-order valence-corrected chi connectivity index (χ0v) is 16.4. The molecule has 2 aliphatic rings. The summed E-state index contributed by atoms with van der Waals surface area (Å²) in [5.74, 6) is -1.15. The summed E-state index contributed by atoms with van der Waals surface area (Å²) in [7, 11) is 3.13. The summed E-state index contributed by atoms with van der Waals surface area (Å²) in [6.45, 7) is 2.64. The molecule has 1 aromatic rings. The van der Waals surface area contributed by atoms with E-state index in [0.717, 1.165) is 17.7 Å². The quantitative estimate of drug-likeness (QED) is 0.839. The highest BCUT2D eigenvalue weighted by atomic mass is 35.5. The van der Waals surface area contributed by atoms with Gasteiger partial charge in [0.15, 0.2) is 0 Å². The van der Waals surface area contributed by atoms with Crippen molar-refractivity contribution in [1.29, 1.82) is 0 Å². The molecule has 0 saturated carbocycles. The topological polar surface area (TPSA) is 73.0 Å². The molecule has 0 spiro atoms. The summed E-state index contributed by atoms with van der Waals surface area (Å²) in [6, 6.07) is 6.46. The minimum absolute atomic E-state index is 0.293. The van der Waals surface area contributed by atoms with Gasteiger partial charge in [-0.05, 0) is 36.8 Å². The largest absolute Gasteiger partial charge is 0.346 e. The molecule has 2 aliphatic heterocycles. The van der Waals surface area contributed by atoms with Crippen LogP contribution in [0, 0.1) is 5.92 Å². The molecule has 2 heterocycles. The molecule has 2 atom stereocenters. The number of nitrogens with zero attached hydrogens (tertiary/aromatic N) is 3. The van der Waals surface area contributed by atoms with E-state index < -0.39 is 12.1 Å². The van der Waals surface area contributed by atoms with Gasteiger partial charge in [-0.1, -0.05) is 24.9 Å². The fraction of sp³-hybridized carbons (Fsp3) is 0.421. The zero-order valence-electron chi connectivity index (χ0n) is 15.6. The molecule has 27 heavy (non-hydrogen) atoms. The minimum atomic E-state index is -0.555. The first kappa shape index (κ1) is 19.2. The van der Waals surface area contributed by atoms with Gasteiger partial charge in [0, 0.05) is 31.4 Å². The number of halogens is 1. The molecule has 8 heteroatoms. The smallest absolute Gasteiger partial charge is 0.327 e. The lowest BCUT2D eigenvalue weighted by molar-refractivity contribution is -0.137. The lowest BCUT2D eigenvalue weighted by atomic mass is 10.0. The van der Waals surface area contributed by atoms with E-state index in [1.165, 1.54) is 11.9 Å². The average Bonchev–Trinajstić information content (AvgIpc) is 3.04. The first-order valence-corrected chi connectivity index (χ1v) is 9.32. The summed E-state index contributed by atoms with van der Waals surface area (Å²) in [5, 5.41) is 3.42. The number of benzene rings is 1. The first-order chi connectivity index (χ1) is 12.8. The van der Waals surface area contributed by atoms with Crippen LogP contribution in [0.4, 0.5) is 10.5 Å². The van der Waals surface area contributed by atoms with Crippen molar-refractivity contribution in [3.8, 4) is 0 Å². The van der Waals surface area contributed by atoms with E-state index >= 15 is 0 Å². The molecule has 2 unspecified atom stereocenters. The Kier molecular flexibility index (Phi) is 5.41. The molecule has 3 rings (SSSR count). The van der Waals surface area contributed by atoms with Gasteiger partial charge in [0.1, 0.15) is 11.9 Å². The maximum Gasteiger partial charge on any atom is 0.327 e. The Morgan fingerprint density at radius 2 is 1.85 bits per heavy atom.